The van der Waals surface area contributed by atoms with Crippen LogP contribution in [0.4, 0.5) is 5.69 Å². The van der Waals surface area contributed by atoms with E-state index in [1.54, 1.807) is 48.7 Å². The van der Waals surface area contributed by atoms with Gasteiger partial charge in [-0.3, -0.25) is 4.72 Å². The molecule has 0 aliphatic heterocycles. The highest BCUT2D eigenvalue weighted by molar-refractivity contribution is 7.92. The van der Waals surface area contributed by atoms with Crippen molar-refractivity contribution in [2.24, 2.45) is 0 Å². The molecular formula is C18H18N2O3S. The molecule has 0 atom stereocenters. The minimum atomic E-state index is -3.67. The Morgan fingerprint density at radius 1 is 1.00 bits per heavy atom. The summed E-state index contributed by atoms with van der Waals surface area (Å²) in [6.45, 7) is 0.637. The molecule has 0 aliphatic rings. The van der Waals surface area contributed by atoms with Gasteiger partial charge in [0.1, 0.15) is 5.76 Å². The molecule has 3 rings (SSSR count). The fourth-order valence-corrected chi connectivity index (χ4v) is 3.53. The van der Waals surface area contributed by atoms with Gasteiger partial charge in [-0.1, -0.05) is 24.3 Å². The van der Waals surface area contributed by atoms with Gasteiger partial charge in [0.2, 0.25) is 0 Å². The van der Waals surface area contributed by atoms with Crippen LogP contribution in [0.2, 0.25) is 0 Å². The fourth-order valence-electron chi connectivity index (χ4n) is 2.44. The molecule has 1 aromatic heterocycles. The number of hydrogen-bond donors (Lipinski definition) is 2. The third-order valence-corrected chi connectivity index (χ3v) is 4.93. The van der Waals surface area contributed by atoms with E-state index in [-0.39, 0.29) is 4.90 Å². The van der Waals surface area contributed by atoms with Gasteiger partial charge in [-0.2, -0.15) is 0 Å². The van der Waals surface area contributed by atoms with Gasteiger partial charge >= 0.3 is 0 Å². The van der Waals surface area contributed by atoms with Crippen LogP contribution in [0.25, 0.3) is 11.3 Å². The third kappa shape index (κ3) is 3.50. The first-order valence-corrected chi connectivity index (χ1v) is 8.98. The molecule has 0 saturated heterocycles. The van der Waals surface area contributed by atoms with Gasteiger partial charge in [0.15, 0.2) is 0 Å². The van der Waals surface area contributed by atoms with Crippen molar-refractivity contribution < 1.29 is 12.8 Å². The molecule has 5 nitrogen and oxygen atoms in total. The van der Waals surface area contributed by atoms with Crippen molar-refractivity contribution in [3.05, 3.63) is 72.5 Å². The lowest BCUT2D eigenvalue weighted by Crippen LogP contribution is -2.14. The Labute approximate surface area is 141 Å². The van der Waals surface area contributed by atoms with E-state index < -0.39 is 10.0 Å². The zero-order chi connectivity index (χ0) is 17.0. The average molecular weight is 342 g/mol. The van der Waals surface area contributed by atoms with Crippen LogP contribution < -0.4 is 10.0 Å². The van der Waals surface area contributed by atoms with Crippen LogP contribution in [-0.2, 0) is 16.6 Å². The molecule has 2 aromatic carbocycles. The van der Waals surface area contributed by atoms with Gasteiger partial charge < -0.3 is 9.73 Å². The number of furan rings is 1. The zero-order valence-electron chi connectivity index (χ0n) is 13.2. The number of anilines is 1. The van der Waals surface area contributed by atoms with Gasteiger partial charge in [-0.25, -0.2) is 8.42 Å². The average Bonchev–Trinajstić information content (AvgIpc) is 3.10. The van der Waals surface area contributed by atoms with Crippen LogP contribution in [-0.4, -0.2) is 15.5 Å². The highest BCUT2D eigenvalue weighted by Gasteiger charge is 2.17. The predicted octanol–water partition coefficient (Wildman–Crippen LogP) is 3.47. The molecule has 0 radical (unpaired) electrons. The van der Waals surface area contributed by atoms with Crippen molar-refractivity contribution in [3.63, 3.8) is 0 Å². The van der Waals surface area contributed by atoms with E-state index in [0.29, 0.717) is 23.6 Å². The lowest BCUT2D eigenvalue weighted by atomic mass is 10.1. The Hall–Kier alpha value is -2.57. The standard InChI is InChI=1S/C18H18N2O3S/c1-19-13-14-9-10-16(18-8-5-11-23-18)17(12-14)20-24(21,22)15-6-3-2-4-7-15/h2-12,19-20H,13H2,1H3. The SMILES string of the molecule is CNCc1ccc(-c2ccco2)c(NS(=O)(=O)c2ccccc2)c1. The molecule has 0 amide bonds. The van der Waals surface area contributed by atoms with E-state index in [1.165, 1.54) is 0 Å². The van der Waals surface area contributed by atoms with Crippen molar-refractivity contribution in [1.29, 1.82) is 0 Å². The summed E-state index contributed by atoms with van der Waals surface area (Å²) in [4.78, 5) is 0.217. The van der Waals surface area contributed by atoms with Crippen LogP contribution in [0.5, 0.6) is 0 Å². The highest BCUT2D eigenvalue weighted by Crippen LogP contribution is 2.31. The summed E-state index contributed by atoms with van der Waals surface area (Å²) < 4.78 is 33.4. The second-order valence-electron chi connectivity index (χ2n) is 5.31. The minimum absolute atomic E-state index is 0.217. The Kier molecular flexibility index (Phi) is 4.69. The second-order valence-corrected chi connectivity index (χ2v) is 6.99. The number of hydrogen-bond acceptors (Lipinski definition) is 4. The lowest BCUT2D eigenvalue weighted by Gasteiger charge is -2.13. The summed E-state index contributed by atoms with van der Waals surface area (Å²) in [6.07, 6.45) is 1.56. The van der Waals surface area contributed by atoms with E-state index in [2.05, 4.69) is 10.0 Å². The molecule has 0 spiro atoms. The van der Waals surface area contributed by atoms with Crippen LogP contribution >= 0.6 is 0 Å². The van der Waals surface area contributed by atoms with Crippen LogP contribution in [0.3, 0.4) is 0 Å². The lowest BCUT2D eigenvalue weighted by molar-refractivity contribution is 0.582. The first-order chi connectivity index (χ1) is 11.6. The molecule has 1 heterocycles. The number of nitrogens with one attached hydrogen (secondary N) is 2. The monoisotopic (exact) mass is 342 g/mol. The van der Waals surface area contributed by atoms with E-state index in [4.69, 9.17) is 4.42 Å². The quantitative estimate of drug-likeness (QED) is 0.719. The third-order valence-electron chi connectivity index (χ3n) is 3.55. The molecule has 0 bridgehead atoms. The van der Waals surface area contributed by atoms with E-state index in [9.17, 15) is 8.42 Å². The van der Waals surface area contributed by atoms with Crippen LogP contribution in [0.1, 0.15) is 5.56 Å². The van der Waals surface area contributed by atoms with E-state index in [1.807, 2.05) is 25.2 Å². The molecule has 0 saturated carbocycles. The molecule has 3 aromatic rings. The molecule has 6 heteroatoms. The largest absolute Gasteiger partial charge is 0.464 e. The van der Waals surface area contributed by atoms with Gasteiger partial charge in [-0.15, -0.1) is 0 Å². The molecule has 24 heavy (non-hydrogen) atoms. The van der Waals surface area contributed by atoms with Crippen molar-refractivity contribution >= 4 is 15.7 Å². The maximum absolute atomic E-state index is 12.6. The highest BCUT2D eigenvalue weighted by atomic mass is 32.2. The summed E-state index contributed by atoms with van der Waals surface area (Å²) >= 11 is 0. The maximum Gasteiger partial charge on any atom is 0.261 e. The Morgan fingerprint density at radius 2 is 1.79 bits per heavy atom. The minimum Gasteiger partial charge on any atom is -0.464 e. The predicted molar refractivity (Wildman–Crippen MR) is 94.2 cm³/mol. The summed E-state index contributed by atoms with van der Waals surface area (Å²) in [7, 11) is -1.83. The normalized spacial score (nSPS) is 11.4. The van der Waals surface area contributed by atoms with Gasteiger partial charge in [0.25, 0.3) is 10.0 Å². The molecular weight excluding hydrogens is 324 g/mol. The summed E-state index contributed by atoms with van der Waals surface area (Å²) in [6, 6.07) is 17.5. The maximum atomic E-state index is 12.6. The van der Waals surface area contributed by atoms with Gasteiger partial charge in [-0.05, 0) is 49.0 Å². The van der Waals surface area contributed by atoms with Crippen molar-refractivity contribution in [2.75, 3.05) is 11.8 Å². The summed E-state index contributed by atoms with van der Waals surface area (Å²) in [5.41, 5.74) is 2.15. The smallest absolute Gasteiger partial charge is 0.261 e. The molecule has 0 aliphatic carbocycles. The Bertz CT molecular complexity index is 905. The first-order valence-electron chi connectivity index (χ1n) is 7.49. The van der Waals surface area contributed by atoms with Crippen LogP contribution in [0.15, 0.2) is 76.2 Å². The topological polar surface area (TPSA) is 71.3 Å². The van der Waals surface area contributed by atoms with Crippen molar-refractivity contribution in [2.45, 2.75) is 11.4 Å². The van der Waals surface area contributed by atoms with Gasteiger partial charge in [0.05, 0.1) is 16.8 Å². The second kappa shape index (κ2) is 6.90. The van der Waals surface area contributed by atoms with Crippen molar-refractivity contribution in [3.8, 4) is 11.3 Å². The van der Waals surface area contributed by atoms with E-state index >= 15 is 0 Å². The van der Waals surface area contributed by atoms with Crippen molar-refractivity contribution in [1.82, 2.24) is 5.32 Å². The zero-order valence-corrected chi connectivity index (χ0v) is 14.0. The fraction of sp³-hybridized carbons (Fsp3) is 0.111. The number of benzene rings is 2. The first kappa shape index (κ1) is 16.3. The van der Waals surface area contributed by atoms with E-state index in [0.717, 1.165) is 5.56 Å². The van der Waals surface area contributed by atoms with Crippen LogP contribution in [0, 0.1) is 0 Å². The molecule has 0 fully saturated rings. The summed E-state index contributed by atoms with van der Waals surface area (Å²) in [5.74, 6) is 0.608. The molecule has 124 valence electrons. The summed E-state index contributed by atoms with van der Waals surface area (Å²) in [5, 5.41) is 3.06. The van der Waals surface area contributed by atoms with Gasteiger partial charge in [0, 0.05) is 12.1 Å². The Morgan fingerprint density at radius 3 is 2.46 bits per heavy atom. The Balaban J connectivity index is 2.03. The molecule has 0 unspecified atom stereocenters. The number of rotatable bonds is 6. The molecule has 2 N–H and O–H groups in total. The number of sulfonamides is 1.